The molecule has 9 heteroatoms. The number of aryl methyl sites for hydroxylation is 1. The summed E-state index contributed by atoms with van der Waals surface area (Å²) in [5.74, 6) is 1.40. The van der Waals surface area contributed by atoms with Crippen LogP contribution < -0.4 is 14.2 Å². The van der Waals surface area contributed by atoms with Crippen molar-refractivity contribution < 1.29 is 32.5 Å². The van der Waals surface area contributed by atoms with Gasteiger partial charge in [0.2, 0.25) is 0 Å². The molecule has 4 aromatic rings. The Morgan fingerprint density at radius 2 is 1.50 bits per heavy atom. The Labute approximate surface area is 209 Å². The molecule has 1 aromatic heterocycles. The molecule has 0 amide bonds. The molecule has 0 unspecified atom stereocenters. The minimum absolute atomic E-state index is 0.0608. The van der Waals surface area contributed by atoms with Crippen molar-refractivity contribution in [2.75, 3.05) is 7.11 Å². The molecule has 1 N–H and O–H groups in total. The second-order valence-corrected chi connectivity index (χ2v) is 10.3. The summed E-state index contributed by atoms with van der Waals surface area (Å²) in [4.78, 5) is 11.3. The lowest BCUT2D eigenvalue weighted by Gasteiger charge is -2.11. The van der Waals surface area contributed by atoms with Crippen LogP contribution >= 0.6 is 0 Å². The maximum Gasteiger partial charge on any atom is 0.303 e. The Morgan fingerprint density at radius 1 is 0.917 bits per heavy atom. The smallest absolute Gasteiger partial charge is 0.303 e. The molecule has 0 aliphatic heterocycles. The molecular weight excluding hydrogens is 482 g/mol. The number of carboxylic acids is 1. The predicted molar refractivity (Wildman–Crippen MR) is 136 cm³/mol. The zero-order chi connectivity index (χ0) is 25.9. The van der Waals surface area contributed by atoms with E-state index < -0.39 is 16.0 Å². The van der Waals surface area contributed by atoms with Gasteiger partial charge in [0.1, 0.15) is 23.0 Å². The van der Waals surface area contributed by atoms with Crippen LogP contribution in [0.2, 0.25) is 0 Å². The predicted octanol–water partition coefficient (Wildman–Crippen LogP) is 5.48. The molecule has 188 valence electrons. The number of fused-ring (bicyclic) bond motifs is 1. The first-order valence-electron chi connectivity index (χ1n) is 11.4. The van der Waals surface area contributed by atoms with E-state index in [1.54, 1.807) is 61.7 Å². The minimum Gasteiger partial charge on any atom is -0.497 e. The molecule has 0 atom stereocenters. The number of nitrogens with zero attached hydrogens (tertiary/aromatic N) is 1. The molecule has 0 bridgehead atoms. The quantitative estimate of drug-likeness (QED) is 0.302. The highest BCUT2D eigenvalue weighted by molar-refractivity contribution is 7.90. The van der Waals surface area contributed by atoms with Crippen molar-refractivity contribution in [3.63, 3.8) is 0 Å². The number of aliphatic carboxylic acids is 1. The Balaban J connectivity index is 1.67. The summed E-state index contributed by atoms with van der Waals surface area (Å²) < 4.78 is 45.0. The maximum absolute atomic E-state index is 13.6. The van der Waals surface area contributed by atoms with Gasteiger partial charge < -0.3 is 19.3 Å². The first-order chi connectivity index (χ1) is 17.2. The molecule has 0 saturated carbocycles. The number of benzene rings is 3. The van der Waals surface area contributed by atoms with E-state index >= 15 is 0 Å². The van der Waals surface area contributed by atoms with E-state index in [0.717, 1.165) is 0 Å². The third-order valence-corrected chi connectivity index (χ3v) is 7.17. The van der Waals surface area contributed by atoms with Gasteiger partial charge in [-0.15, -0.1) is 0 Å². The maximum atomic E-state index is 13.6. The molecule has 8 nitrogen and oxygen atoms in total. The van der Waals surface area contributed by atoms with Crippen molar-refractivity contribution in [1.29, 1.82) is 0 Å². The van der Waals surface area contributed by atoms with Crippen molar-refractivity contribution in [3.05, 3.63) is 78.5 Å². The van der Waals surface area contributed by atoms with Gasteiger partial charge in [0.15, 0.2) is 0 Å². The molecule has 1 heterocycles. The molecule has 4 rings (SSSR count). The summed E-state index contributed by atoms with van der Waals surface area (Å²) in [5, 5.41) is 9.79. The highest BCUT2D eigenvalue weighted by Gasteiger charge is 2.22. The van der Waals surface area contributed by atoms with Crippen LogP contribution in [0.1, 0.15) is 25.8 Å². The van der Waals surface area contributed by atoms with E-state index in [1.807, 2.05) is 13.8 Å². The lowest BCUT2D eigenvalue weighted by atomic mass is 10.1. The van der Waals surface area contributed by atoms with Crippen molar-refractivity contribution in [1.82, 2.24) is 3.97 Å². The Morgan fingerprint density at radius 3 is 2.08 bits per heavy atom. The minimum atomic E-state index is -3.96. The van der Waals surface area contributed by atoms with Crippen LogP contribution in [0.4, 0.5) is 0 Å². The lowest BCUT2D eigenvalue weighted by Crippen LogP contribution is -2.12. The van der Waals surface area contributed by atoms with E-state index in [0.29, 0.717) is 39.5 Å². The SMILES string of the molecule is COc1ccc(Oc2ccc(S(=O)(=O)n3cc(CCC(=O)O)c4cc(OC(C)C)ccc43)cc2)cc1. The van der Waals surface area contributed by atoms with Gasteiger partial charge in [-0.25, -0.2) is 12.4 Å². The van der Waals surface area contributed by atoms with Crippen molar-refractivity contribution in [2.45, 2.75) is 37.7 Å². The largest absolute Gasteiger partial charge is 0.497 e. The first-order valence-corrected chi connectivity index (χ1v) is 12.8. The summed E-state index contributed by atoms with van der Waals surface area (Å²) in [6, 6.07) is 18.3. The summed E-state index contributed by atoms with van der Waals surface area (Å²) in [5.41, 5.74) is 1.06. The molecule has 3 aromatic carbocycles. The number of aromatic nitrogens is 1. The molecular formula is C27H27NO7S. The standard InChI is InChI=1S/C27H27NO7S/c1-18(2)34-23-11-14-26-25(16-23)19(4-15-27(29)30)17-28(26)36(31,32)24-12-9-22(10-13-24)35-21-7-5-20(33-3)6-8-21/h5-14,16-18H,4,15H2,1-3H3,(H,29,30). The lowest BCUT2D eigenvalue weighted by molar-refractivity contribution is -0.136. The van der Waals surface area contributed by atoms with Gasteiger partial charge in [0.25, 0.3) is 10.0 Å². The average molecular weight is 510 g/mol. The second-order valence-electron chi connectivity index (χ2n) is 8.44. The van der Waals surface area contributed by atoms with Gasteiger partial charge in [0.05, 0.1) is 23.6 Å². The summed E-state index contributed by atoms with van der Waals surface area (Å²) in [6.07, 6.45) is 1.50. The normalized spacial score (nSPS) is 11.6. The first kappa shape index (κ1) is 25.1. The number of carbonyl (C=O) groups is 1. The summed E-state index contributed by atoms with van der Waals surface area (Å²) in [7, 11) is -2.38. The number of hydrogen-bond donors (Lipinski definition) is 1. The van der Waals surface area contributed by atoms with Gasteiger partial charge in [-0.05, 0) is 92.6 Å². The third-order valence-electron chi connectivity index (χ3n) is 5.48. The topological polar surface area (TPSA) is 104 Å². The fourth-order valence-electron chi connectivity index (χ4n) is 3.80. The van der Waals surface area contributed by atoms with Crippen LogP contribution in [0.15, 0.2) is 77.8 Å². The molecule has 0 aliphatic carbocycles. The molecule has 0 aliphatic rings. The fourth-order valence-corrected chi connectivity index (χ4v) is 5.19. The molecule has 0 saturated heterocycles. The van der Waals surface area contributed by atoms with Crippen molar-refractivity contribution >= 4 is 26.9 Å². The second kappa shape index (κ2) is 10.3. The van der Waals surface area contributed by atoms with Crippen LogP contribution in [-0.2, 0) is 21.2 Å². The van der Waals surface area contributed by atoms with Gasteiger partial charge in [-0.2, -0.15) is 0 Å². The number of hydrogen-bond acceptors (Lipinski definition) is 6. The fraction of sp³-hybridized carbons (Fsp3) is 0.222. The highest BCUT2D eigenvalue weighted by Crippen LogP contribution is 2.31. The van der Waals surface area contributed by atoms with Gasteiger partial charge in [-0.3, -0.25) is 4.79 Å². The van der Waals surface area contributed by atoms with Gasteiger partial charge >= 0.3 is 5.97 Å². The third kappa shape index (κ3) is 5.46. The van der Waals surface area contributed by atoms with Crippen LogP contribution in [0, 0.1) is 0 Å². The van der Waals surface area contributed by atoms with Gasteiger partial charge in [-0.1, -0.05) is 0 Å². The molecule has 0 spiro atoms. The summed E-state index contributed by atoms with van der Waals surface area (Å²) in [6.45, 7) is 3.79. The van der Waals surface area contributed by atoms with E-state index in [4.69, 9.17) is 19.3 Å². The zero-order valence-electron chi connectivity index (χ0n) is 20.2. The van der Waals surface area contributed by atoms with Crippen molar-refractivity contribution in [3.8, 4) is 23.0 Å². The van der Waals surface area contributed by atoms with Crippen LogP contribution in [0.3, 0.4) is 0 Å². The highest BCUT2D eigenvalue weighted by atomic mass is 32.2. The monoisotopic (exact) mass is 509 g/mol. The van der Waals surface area contributed by atoms with E-state index in [2.05, 4.69) is 0 Å². The number of carboxylic acid groups (broad SMARTS) is 1. The molecule has 0 fully saturated rings. The van der Waals surface area contributed by atoms with Crippen LogP contribution in [0.5, 0.6) is 23.0 Å². The Hall–Kier alpha value is -3.98. The zero-order valence-corrected chi connectivity index (χ0v) is 21.0. The average Bonchev–Trinajstić information content (AvgIpc) is 3.22. The number of methoxy groups -OCH3 is 1. The van der Waals surface area contributed by atoms with Gasteiger partial charge in [0, 0.05) is 18.0 Å². The molecule has 36 heavy (non-hydrogen) atoms. The Kier molecular flexibility index (Phi) is 7.21. The number of ether oxygens (including phenoxy) is 3. The summed E-state index contributed by atoms with van der Waals surface area (Å²) >= 11 is 0. The number of rotatable bonds is 10. The molecule has 0 radical (unpaired) electrons. The van der Waals surface area contributed by atoms with E-state index in [9.17, 15) is 13.2 Å². The van der Waals surface area contributed by atoms with Crippen LogP contribution in [-0.4, -0.2) is 36.7 Å². The van der Waals surface area contributed by atoms with Crippen LogP contribution in [0.25, 0.3) is 10.9 Å². The van der Waals surface area contributed by atoms with E-state index in [1.165, 1.54) is 22.3 Å². The van der Waals surface area contributed by atoms with Crippen molar-refractivity contribution in [2.24, 2.45) is 0 Å². The van der Waals surface area contributed by atoms with E-state index in [-0.39, 0.29) is 23.8 Å². The Bertz CT molecular complexity index is 1470.